The van der Waals surface area contributed by atoms with Crippen molar-refractivity contribution in [1.82, 2.24) is 15.2 Å². The molecule has 1 saturated heterocycles. The zero-order valence-electron chi connectivity index (χ0n) is 19.8. The molecule has 0 spiro atoms. The van der Waals surface area contributed by atoms with Crippen LogP contribution in [-0.4, -0.2) is 71.7 Å². The molecule has 182 valence electrons. The number of esters is 1. The van der Waals surface area contributed by atoms with Gasteiger partial charge in [-0.2, -0.15) is 0 Å². The van der Waals surface area contributed by atoms with E-state index in [0.717, 1.165) is 12.8 Å². The van der Waals surface area contributed by atoms with Gasteiger partial charge < -0.3 is 30.8 Å². The monoisotopic (exact) mass is 453 g/mol. The van der Waals surface area contributed by atoms with E-state index in [9.17, 15) is 19.5 Å². The molecule has 0 aromatic heterocycles. The first-order valence-electron chi connectivity index (χ1n) is 11.2. The molecule has 32 heavy (non-hydrogen) atoms. The van der Waals surface area contributed by atoms with Crippen LogP contribution in [0.1, 0.15) is 52.9 Å². The van der Waals surface area contributed by atoms with E-state index in [1.54, 1.807) is 6.20 Å². The average Bonchev–Trinajstić information content (AvgIpc) is 3.13. The number of hydrogen-bond acceptors (Lipinski definition) is 8. The number of β-amino-alcohol motifs (C(OH)–C–C–N with tert-alkyl or cyclic N) is 1. The quantitative estimate of drug-likeness (QED) is 0.250. The second-order valence-corrected chi connectivity index (χ2v) is 9.93. The topological polar surface area (TPSA) is 151 Å². The normalized spacial score (nSPS) is 27.6. The number of rotatable bonds is 6. The van der Waals surface area contributed by atoms with Crippen molar-refractivity contribution >= 4 is 17.8 Å². The van der Waals surface area contributed by atoms with Crippen LogP contribution in [0.3, 0.4) is 0 Å². The van der Waals surface area contributed by atoms with Crippen LogP contribution in [0.4, 0.5) is 0 Å². The van der Waals surface area contributed by atoms with E-state index in [-0.39, 0.29) is 42.6 Å². The van der Waals surface area contributed by atoms with Crippen LogP contribution in [0.5, 0.6) is 0 Å². The number of likely N-dealkylation sites (tertiary alicyclic amines) is 1. The Morgan fingerprint density at radius 3 is 2.25 bits per heavy atom. The Hall–Kier alpha value is -2.33. The van der Waals surface area contributed by atoms with Gasteiger partial charge in [0.25, 0.3) is 0 Å². The number of aliphatic hydroxyl groups excluding tert-OH is 1. The number of nitrogens with zero attached hydrogens (tertiary/aromatic N) is 2. The smallest absolute Gasteiger partial charge is 0.308 e. The van der Waals surface area contributed by atoms with Gasteiger partial charge in [-0.05, 0) is 31.1 Å². The molecule has 1 heterocycles. The van der Waals surface area contributed by atoms with Gasteiger partial charge >= 0.3 is 5.97 Å². The number of nitrogens with one attached hydrogen (secondary N) is 1. The van der Waals surface area contributed by atoms with Gasteiger partial charge in [-0.1, -0.05) is 20.8 Å². The van der Waals surface area contributed by atoms with Gasteiger partial charge in [0.1, 0.15) is 12.1 Å². The number of likely N-dealkylation sites (N-methyl/N-ethyl adjacent to an activating group) is 1. The molecule has 2 rings (SSSR count). The largest absolute Gasteiger partial charge is 0.469 e. The number of amides is 2. The average molecular weight is 454 g/mol. The van der Waals surface area contributed by atoms with Crippen molar-refractivity contribution in [3.8, 4) is 0 Å². The molecule has 2 amide bonds. The van der Waals surface area contributed by atoms with Gasteiger partial charge in [-0.25, -0.2) is 5.84 Å². The molecule has 3 atom stereocenters. The molecule has 0 radical (unpaired) electrons. The van der Waals surface area contributed by atoms with Gasteiger partial charge in [0.15, 0.2) is 0 Å². The Labute approximate surface area is 190 Å². The molecule has 0 aromatic carbocycles. The van der Waals surface area contributed by atoms with Crippen LogP contribution < -0.4 is 16.9 Å². The van der Waals surface area contributed by atoms with Crippen LogP contribution in [0, 0.1) is 17.3 Å². The van der Waals surface area contributed by atoms with E-state index in [4.69, 9.17) is 16.3 Å². The van der Waals surface area contributed by atoms with Gasteiger partial charge in [0.05, 0.1) is 19.1 Å². The Kier molecular flexibility index (Phi) is 8.53. The zero-order chi connectivity index (χ0) is 24.2. The van der Waals surface area contributed by atoms with Crippen molar-refractivity contribution in [2.24, 2.45) is 28.8 Å². The number of hydrazine groups is 1. The molecular formula is C22H39N5O5. The number of nitrogens with two attached hydrogens (primary N) is 2. The minimum Gasteiger partial charge on any atom is -0.469 e. The summed E-state index contributed by atoms with van der Waals surface area (Å²) in [7, 11) is 2.90. The second-order valence-electron chi connectivity index (χ2n) is 9.93. The highest BCUT2D eigenvalue weighted by atomic mass is 16.5. The number of ether oxygens (including phenoxy) is 1. The number of carbonyl (C=O) groups excluding carboxylic acids is 3. The summed E-state index contributed by atoms with van der Waals surface area (Å²) in [6, 6.07) is -1.53. The summed E-state index contributed by atoms with van der Waals surface area (Å²) in [6.07, 6.45) is 3.88. The Balaban J connectivity index is 2.18. The predicted octanol–water partition coefficient (Wildman–Crippen LogP) is 0.0641. The maximum atomic E-state index is 13.5. The maximum absolute atomic E-state index is 13.5. The van der Waals surface area contributed by atoms with Gasteiger partial charge in [-0.15, -0.1) is 0 Å². The first kappa shape index (κ1) is 25.9. The fourth-order valence-corrected chi connectivity index (χ4v) is 4.76. The highest BCUT2D eigenvalue weighted by Gasteiger charge is 2.45. The highest BCUT2D eigenvalue weighted by Crippen LogP contribution is 2.33. The summed E-state index contributed by atoms with van der Waals surface area (Å²) in [5.74, 6) is 5.47. The van der Waals surface area contributed by atoms with Crippen molar-refractivity contribution in [3.63, 3.8) is 0 Å². The molecule has 0 aromatic rings. The molecule has 6 N–H and O–H groups in total. The highest BCUT2D eigenvalue weighted by molar-refractivity contribution is 5.90. The van der Waals surface area contributed by atoms with Crippen molar-refractivity contribution in [3.05, 3.63) is 11.9 Å². The standard InChI is InChI=1S/C22H39N5O5/c1-22(2,3)18(20(30)26-11-15(28)10-17(26)19(29)25-4)27(24)12-16(23)13-6-8-14(9-7-13)21(31)32-5/h12-15,17-18,28H,6-11,23-24H2,1-5H3,(H,25,29)/b16-12-. The first-order chi connectivity index (χ1) is 14.9. The number of carbonyl (C=O) groups is 3. The molecule has 3 unspecified atom stereocenters. The predicted molar refractivity (Wildman–Crippen MR) is 119 cm³/mol. The first-order valence-corrected chi connectivity index (χ1v) is 11.2. The number of methoxy groups -OCH3 is 1. The van der Waals surface area contributed by atoms with Crippen LogP contribution in [0.25, 0.3) is 0 Å². The molecule has 0 bridgehead atoms. The lowest BCUT2D eigenvalue weighted by Gasteiger charge is -2.39. The Morgan fingerprint density at radius 2 is 1.75 bits per heavy atom. The number of aliphatic hydroxyl groups is 1. The third-order valence-corrected chi connectivity index (χ3v) is 6.49. The van der Waals surface area contributed by atoms with E-state index in [1.165, 1.54) is 24.1 Å². The molecule has 1 aliphatic carbocycles. The van der Waals surface area contributed by atoms with Crippen molar-refractivity contribution in [1.29, 1.82) is 0 Å². The number of allylic oxidation sites excluding steroid dienone is 1. The third kappa shape index (κ3) is 5.92. The third-order valence-electron chi connectivity index (χ3n) is 6.49. The van der Waals surface area contributed by atoms with Crippen LogP contribution in [-0.2, 0) is 19.1 Å². The van der Waals surface area contributed by atoms with E-state index < -0.39 is 23.6 Å². The minimum atomic E-state index is -0.787. The second kappa shape index (κ2) is 10.5. The summed E-state index contributed by atoms with van der Waals surface area (Å²) in [5, 5.41) is 14.0. The molecule has 1 aliphatic heterocycles. The summed E-state index contributed by atoms with van der Waals surface area (Å²) in [6.45, 7) is 5.75. The molecular weight excluding hydrogens is 414 g/mol. The van der Waals surface area contributed by atoms with E-state index in [0.29, 0.717) is 18.5 Å². The van der Waals surface area contributed by atoms with Gasteiger partial charge in [0.2, 0.25) is 11.8 Å². The summed E-state index contributed by atoms with van der Waals surface area (Å²) in [4.78, 5) is 38.9. The van der Waals surface area contributed by atoms with E-state index >= 15 is 0 Å². The summed E-state index contributed by atoms with van der Waals surface area (Å²) < 4.78 is 4.83. The molecule has 2 fully saturated rings. The molecule has 10 heteroatoms. The Bertz CT molecular complexity index is 727. The molecule has 2 aliphatic rings. The molecule has 10 nitrogen and oxygen atoms in total. The number of hydrogen-bond donors (Lipinski definition) is 4. The van der Waals surface area contributed by atoms with Crippen molar-refractivity contribution in [2.45, 2.75) is 71.1 Å². The van der Waals surface area contributed by atoms with E-state index in [1.807, 2.05) is 20.8 Å². The zero-order valence-corrected chi connectivity index (χ0v) is 19.8. The maximum Gasteiger partial charge on any atom is 0.308 e. The lowest BCUT2D eigenvalue weighted by molar-refractivity contribution is -0.146. The Morgan fingerprint density at radius 1 is 1.19 bits per heavy atom. The summed E-state index contributed by atoms with van der Waals surface area (Å²) in [5.41, 5.74) is 6.35. The van der Waals surface area contributed by atoms with Crippen molar-refractivity contribution < 1.29 is 24.2 Å². The molecule has 1 saturated carbocycles. The van der Waals surface area contributed by atoms with Crippen LogP contribution in [0.2, 0.25) is 0 Å². The minimum absolute atomic E-state index is 0.0601. The fraction of sp³-hybridized carbons (Fsp3) is 0.773. The van der Waals surface area contributed by atoms with E-state index in [2.05, 4.69) is 5.32 Å². The van der Waals surface area contributed by atoms with Crippen LogP contribution in [0.15, 0.2) is 11.9 Å². The fourth-order valence-electron chi connectivity index (χ4n) is 4.76. The van der Waals surface area contributed by atoms with Gasteiger partial charge in [-0.3, -0.25) is 14.4 Å². The summed E-state index contributed by atoms with van der Waals surface area (Å²) >= 11 is 0. The lowest BCUT2D eigenvalue weighted by atomic mass is 9.80. The van der Waals surface area contributed by atoms with Crippen molar-refractivity contribution in [2.75, 3.05) is 20.7 Å². The SMILES string of the molecule is CNC(=O)C1CC(O)CN1C(=O)C(N(N)/C=C(\N)C1CCC(C(=O)OC)CC1)C(C)(C)C. The lowest BCUT2D eigenvalue weighted by Crippen LogP contribution is -2.58. The van der Waals surface area contributed by atoms with Crippen LogP contribution >= 0.6 is 0 Å². The van der Waals surface area contributed by atoms with Gasteiger partial charge in [0, 0.05) is 37.8 Å².